The third-order valence-corrected chi connectivity index (χ3v) is 4.47. The van der Waals surface area contributed by atoms with Gasteiger partial charge in [0.2, 0.25) is 0 Å². The molecule has 1 aliphatic carbocycles. The summed E-state index contributed by atoms with van der Waals surface area (Å²) in [5, 5.41) is 7.38. The SMILES string of the molecule is CC1CCCC(CNc2cnn(C)c(=O)c2Br)C1. The van der Waals surface area contributed by atoms with Crippen LogP contribution in [0.25, 0.3) is 0 Å². The molecule has 0 bridgehead atoms. The Morgan fingerprint density at radius 1 is 1.56 bits per heavy atom. The van der Waals surface area contributed by atoms with Gasteiger partial charge in [-0.2, -0.15) is 5.10 Å². The van der Waals surface area contributed by atoms with Crippen LogP contribution in [0, 0.1) is 11.8 Å². The summed E-state index contributed by atoms with van der Waals surface area (Å²) >= 11 is 3.33. The molecule has 2 rings (SSSR count). The highest BCUT2D eigenvalue weighted by atomic mass is 79.9. The molecular formula is C13H20BrN3O. The molecule has 0 aliphatic heterocycles. The summed E-state index contributed by atoms with van der Waals surface area (Å²) in [5.74, 6) is 1.54. The molecular weight excluding hydrogens is 294 g/mol. The van der Waals surface area contributed by atoms with E-state index in [0.29, 0.717) is 10.4 Å². The van der Waals surface area contributed by atoms with Gasteiger partial charge in [-0.25, -0.2) is 4.68 Å². The fourth-order valence-electron chi connectivity index (χ4n) is 2.63. The Labute approximate surface area is 116 Å². The molecule has 0 aromatic carbocycles. The van der Waals surface area contributed by atoms with Crippen molar-refractivity contribution in [2.45, 2.75) is 32.6 Å². The highest BCUT2D eigenvalue weighted by Gasteiger charge is 2.19. The predicted molar refractivity (Wildman–Crippen MR) is 76.8 cm³/mol. The van der Waals surface area contributed by atoms with Gasteiger partial charge in [0, 0.05) is 13.6 Å². The zero-order chi connectivity index (χ0) is 13.1. The minimum atomic E-state index is -0.1000. The van der Waals surface area contributed by atoms with Gasteiger partial charge < -0.3 is 5.32 Å². The number of aromatic nitrogens is 2. The van der Waals surface area contributed by atoms with E-state index in [2.05, 4.69) is 33.3 Å². The van der Waals surface area contributed by atoms with E-state index in [1.807, 2.05) is 0 Å². The lowest BCUT2D eigenvalue weighted by atomic mass is 9.82. The fourth-order valence-corrected chi connectivity index (χ4v) is 3.13. The molecule has 5 heteroatoms. The molecule has 100 valence electrons. The Bertz CT molecular complexity index is 472. The maximum absolute atomic E-state index is 11.7. The van der Waals surface area contributed by atoms with Crippen molar-refractivity contribution in [2.24, 2.45) is 18.9 Å². The fraction of sp³-hybridized carbons (Fsp3) is 0.692. The van der Waals surface area contributed by atoms with Crippen LogP contribution in [-0.2, 0) is 7.05 Å². The van der Waals surface area contributed by atoms with E-state index in [4.69, 9.17) is 0 Å². The molecule has 0 saturated heterocycles. The summed E-state index contributed by atoms with van der Waals surface area (Å²) in [4.78, 5) is 11.7. The number of rotatable bonds is 3. The first-order valence-corrected chi connectivity index (χ1v) is 7.33. The standard InChI is InChI=1S/C13H20BrN3O/c1-9-4-3-5-10(6-9)7-15-11-8-16-17(2)13(18)12(11)14/h8-10,15H,3-7H2,1-2H3. The zero-order valence-electron chi connectivity index (χ0n) is 10.9. The van der Waals surface area contributed by atoms with Crippen molar-refractivity contribution in [2.75, 3.05) is 11.9 Å². The summed E-state index contributed by atoms with van der Waals surface area (Å²) in [6, 6.07) is 0. The molecule has 1 fully saturated rings. The summed E-state index contributed by atoms with van der Waals surface area (Å²) in [7, 11) is 1.65. The van der Waals surface area contributed by atoms with E-state index in [1.54, 1.807) is 13.2 Å². The lowest BCUT2D eigenvalue weighted by Gasteiger charge is -2.27. The second-order valence-electron chi connectivity index (χ2n) is 5.32. The molecule has 2 atom stereocenters. The molecule has 2 unspecified atom stereocenters. The smallest absolute Gasteiger partial charge is 0.282 e. The maximum Gasteiger partial charge on any atom is 0.282 e. The molecule has 1 aromatic rings. The van der Waals surface area contributed by atoms with Gasteiger partial charge in [-0.05, 0) is 40.6 Å². The van der Waals surface area contributed by atoms with Gasteiger partial charge in [-0.3, -0.25) is 4.79 Å². The van der Waals surface area contributed by atoms with Gasteiger partial charge in [0.05, 0.1) is 11.9 Å². The van der Waals surface area contributed by atoms with Crippen molar-refractivity contribution in [3.8, 4) is 0 Å². The maximum atomic E-state index is 11.7. The van der Waals surface area contributed by atoms with E-state index < -0.39 is 0 Å². The Kier molecular flexibility index (Phi) is 4.43. The van der Waals surface area contributed by atoms with Gasteiger partial charge in [0.15, 0.2) is 0 Å². The summed E-state index contributed by atoms with van der Waals surface area (Å²) in [5.41, 5.74) is 0.702. The molecule has 1 saturated carbocycles. The van der Waals surface area contributed by atoms with Gasteiger partial charge >= 0.3 is 0 Å². The van der Waals surface area contributed by atoms with Crippen LogP contribution in [-0.4, -0.2) is 16.3 Å². The van der Waals surface area contributed by atoms with Crippen molar-refractivity contribution in [3.05, 3.63) is 21.0 Å². The van der Waals surface area contributed by atoms with E-state index >= 15 is 0 Å². The zero-order valence-corrected chi connectivity index (χ0v) is 12.5. The number of hydrogen-bond donors (Lipinski definition) is 1. The van der Waals surface area contributed by atoms with E-state index in [9.17, 15) is 4.79 Å². The summed E-state index contributed by atoms with van der Waals surface area (Å²) < 4.78 is 1.90. The topological polar surface area (TPSA) is 46.9 Å². The van der Waals surface area contributed by atoms with E-state index in [-0.39, 0.29) is 5.56 Å². The van der Waals surface area contributed by atoms with Crippen molar-refractivity contribution in [1.29, 1.82) is 0 Å². The van der Waals surface area contributed by atoms with Crippen LogP contribution in [0.4, 0.5) is 5.69 Å². The minimum absolute atomic E-state index is 0.1000. The van der Waals surface area contributed by atoms with Crippen LogP contribution in [0.1, 0.15) is 32.6 Å². The molecule has 0 amide bonds. The van der Waals surface area contributed by atoms with E-state index in [0.717, 1.165) is 18.2 Å². The number of anilines is 1. The Morgan fingerprint density at radius 2 is 2.33 bits per heavy atom. The number of hydrogen-bond acceptors (Lipinski definition) is 3. The molecule has 0 spiro atoms. The number of halogens is 1. The Balaban J connectivity index is 1.98. The molecule has 4 nitrogen and oxygen atoms in total. The number of nitrogens with zero attached hydrogens (tertiary/aromatic N) is 2. The van der Waals surface area contributed by atoms with Crippen molar-refractivity contribution >= 4 is 21.6 Å². The molecule has 0 radical (unpaired) electrons. The second kappa shape index (κ2) is 5.87. The van der Waals surface area contributed by atoms with Crippen molar-refractivity contribution < 1.29 is 0 Å². The third-order valence-electron chi connectivity index (χ3n) is 3.70. The quantitative estimate of drug-likeness (QED) is 0.933. The average molecular weight is 314 g/mol. The van der Waals surface area contributed by atoms with Gasteiger partial charge in [-0.15, -0.1) is 0 Å². The lowest BCUT2D eigenvalue weighted by molar-refractivity contribution is 0.293. The highest BCUT2D eigenvalue weighted by Crippen LogP contribution is 2.29. The molecule has 1 aliphatic rings. The Morgan fingerprint density at radius 3 is 3.06 bits per heavy atom. The largest absolute Gasteiger partial charge is 0.382 e. The third kappa shape index (κ3) is 3.13. The molecule has 1 aromatic heterocycles. The van der Waals surface area contributed by atoms with Gasteiger partial charge in [0.1, 0.15) is 4.47 Å². The number of aryl methyl sites for hydroxylation is 1. The average Bonchev–Trinajstić information content (AvgIpc) is 2.35. The first kappa shape index (κ1) is 13.6. The van der Waals surface area contributed by atoms with E-state index in [1.165, 1.54) is 30.4 Å². The van der Waals surface area contributed by atoms with Crippen molar-refractivity contribution in [1.82, 2.24) is 9.78 Å². The first-order valence-electron chi connectivity index (χ1n) is 6.53. The lowest BCUT2D eigenvalue weighted by Crippen LogP contribution is -2.24. The predicted octanol–water partition coefficient (Wildman–Crippen LogP) is 2.78. The summed E-state index contributed by atoms with van der Waals surface area (Å²) in [6.07, 6.45) is 6.95. The van der Waals surface area contributed by atoms with Gasteiger partial charge in [0.25, 0.3) is 5.56 Å². The monoisotopic (exact) mass is 313 g/mol. The second-order valence-corrected chi connectivity index (χ2v) is 6.11. The minimum Gasteiger partial charge on any atom is -0.382 e. The number of nitrogens with one attached hydrogen (secondary N) is 1. The van der Waals surface area contributed by atoms with Crippen LogP contribution < -0.4 is 10.9 Å². The normalized spacial score (nSPS) is 23.9. The van der Waals surface area contributed by atoms with Crippen LogP contribution in [0.2, 0.25) is 0 Å². The van der Waals surface area contributed by atoms with Crippen molar-refractivity contribution in [3.63, 3.8) is 0 Å². The molecule has 18 heavy (non-hydrogen) atoms. The highest BCUT2D eigenvalue weighted by molar-refractivity contribution is 9.10. The van der Waals surface area contributed by atoms with Crippen LogP contribution in [0.3, 0.4) is 0 Å². The van der Waals surface area contributed by atoms with Crippen LogP contribution in [0.5, 0.6) is 0 Å². The molecule has 1 N–H and O–H groups in total. The molecule has 1 heterocycles. The van der Waals surface area contributed by atoms with Crippen LogP contribution in [0.15, 0.2) is 15.5 Å². The summed E-state index contributed by atoms with van der Waals surface area (Å²) in [6.45, 7) is 3.25. The first-order chi connectivity index (χ1) is 8.58. The van der Waals surface area contributed by atoms with Crippen LogP contribution >= 0.6 is 15.9 Å². The van der Waals surface area contributed by atoms with Gasteiger partial charge in [-0.1, -0.05) is 19.8 Å². The Hall–Kier alpha value is -0.840.